The van der Waals surface area contributed by atoms with Crippen LogP contribution in [0.2, 0.25) is 0 Å². The van der Waals surface area contributed by atoms with Gasteiger partial charge in [0.25, 0.3) is 0 Å². The Morgan fingerprint density at radius 1 is 1.26 bits per heavy atom. The zero-order chi connectivity index (χ0) is 14.0. The first-order chi connectivity index (χ1) is 8.85. The van der Waals surface area contributed by atoms with Gasteiger partial charge in [0.15, 0.2) is 5.82 Å². The Bertz CT molecular complexity index is 442. The van der Waals surface area contributed by atoms with Gasteiger partial charge in [0.05, 0.1) is 0 Å². The minimum Gasteiger partial charge on any atom is -0.444 e. The Kier molecular flexibility index (Phi) is 3.68. The molecular weight excluding hydrogens is 244 g/mol. The van der Waals surface area contributed by atoms with Gasteiger partial charge in [-0.1, -0.05) is 0 Å². The number of anilines is 1. The molecule has 1 saturated heterocycles. The van der Waals surface area contributed by atoms with Gasteiger partial charge < -0.3 is 14.5 Å². The molecule has 0 spiro atoms. The van der Waals surface area contributed by atoms with Gasteiger partial charge in [0.1, 0.15) is 5.60 Å². The van der Waals surface area contributed by atoms with Gasteiger partial charge in [-0.05, 0) is 20.8 Å². The number of hydrogen-bond acceptors (Lipinski definition) is 4. The van der Waals surface area contributed by atoms with Crippen LogP contribution < -0.4 is 4.90 Å². The zero-order valence-electron chi connectivity index (χ0n) is 12.1. The standard InChI is InChI=1S/C13H22N4O2/c1-13(2,3)19-12(18)17-9-7-16(8-10-17)11-5-6-15(4)14-11/h5-6H,7-10H2,1-4H3. The van der Waals surface area contributed by atoms with Gasteiger partial charge in [0.2, 0.25) is 0 Å². The molecule has 0 atom stereocenters. The summed E-state index contributed by atoms with van der Waals surface area (Å²) in [6.07, 6.45) is 1.70. The van der Waals surface area contributed by atoms with Gasteiger partial charge in [-0.15, -0.1) is 0 Å². The second-order valence-electron chi connectivity index (χ2n) is 5.80. The van der Waals surface area contributed by atoms with E-state index in [4.69, 9.17) is 4.74 Å². The van der Waals surface area contributed by atoms with Crippen molar-refractivity contribution in [3.63, 3.8) is 0 Å². The molecule has 2 rings (SSSR count). The van der Waals surface area contributed by atoms with Gasteiger partial charge >= 0.3 is 6.09 Å². The van der Waals surface area contributed by atoms with E-state index in [-0.39, 0.29) is 6.09 Å². The Labute approximate surface area is 113 Å². The highest BCUT2D eigenvalue weighted by atomic mass is 16.6. The Morgan fingerprint density at radius 3 is 2.37 bits per heavy atom. The molecule has 1 aliphatic heterocycles. The number of nitrogens with zero attached hydrogens (tertiary/aromatic N) is 4. The van der Waals surface area contributed by atoms with Crippen molar-refractivity contribution >= 4 is 11.9 Å². The van der Waals surface area contributed by atoms with Crippen molar-refractivity contribution in [2.75, 3.05) is 31.1 Å². The van der Waals surface area contributed by atoms with Crippen molar-refractivity contribution < 1.29 is 9.53 Å². The van der Waals surface area contributed by atoms with Gasteiger partial charge in [-0.2, -0.15) is 5.10 Å². The van der Waals surface area contributed by atoms with Crippen LogP contribution in [0.5, 0.6) is 0 Å². The average Bonchev–Trinajstić information content (AvgIpc) is 2.74. The van der Waals surface area contributed by atoms with E-state index in [1.807, 2.05) is 40.1 Å². The lowest BCUT2D eigenvalue weighted by Gasteiger charge is -2.35. The molecule has 1 aromatic heterocycles. The molecule has 0 aromatic carbocycles. The Balaban J connectivity index is 1.87. The van der Waals surface area contributed by atoms with E-state index in [9.17, 15) is 4.79 Å². The number of aromatic nitrogens is 2. The van der Waals surface area contributed by atoms with Crippen molar-refractivity contribution in [3.8, 4) is 0 Å². The van der Waals surface area contributed by atoms with Crippen LogP contribution in [0.25, 0.3) is 0 Å². The van der Waals surface area contributed by atoms with Crippen LogP contribution >= 0.6 is 0 Å². The monoisotopic (exact) mass is 266 g/mol. The lowest BCUT2D eigenvalue weighted by atomic mass is 10.2. The van der Waals surface area contributed by atoms with Crippen molar-refractivity contribution in [2.45, 2.75) is 26.4 Å². The minimum absolute atomic E-state index is 0.229. The number of piperazine rings is 1. The fourth-order valence-electron chi connectivity index (χ4n) is 2.02. The number of carbonyl (C=O) groups excluding carboxylic acids is 1. The summed E-state index contributed by atoms with van der Waals surface area (Å²) in [5.74, 6) is 0.964. The summed E-state index contributed by atoms with van der Waals surface area (Å²) in [5, 5.41) is 4.37. The molecule has 0 aliphatic carbocycles. The first kappa shape index (κ1) is 13.7. The molecule has 1 amide bonds. The van der Waals surface area contributed by atoms with Crippen LogP contribution in [0, 0.1) is 0 Å². The number of rotatable bonds is 1. The molecule has 0 saturated carbocycles. The highest BCUT2D eigenvalue weighted by Gasteiger charge is 2.26. The van der Waals surface area contributed by atoms with E-state index in [0.29, 0.717) is 13.1 Å². The van der Waals surface area contributed by atoms with Crippen molar-refractivity contribution in [1.82, 2.24) is 14.7 Å². The number of ether oxygens (including phenoxy) is 1. The van der Waals surface area contributed by atoms with Crippen LogP contribution in [0.3, 0.4) is 0 Å². The summed E-state index contributed by atoms with van der Waals surface area (Å²) >= 11 is 0. The molecule has 6 nitrogen and oxygen atoms in total. The van der Waals surface area contributed by atoms with E-state index >= 15 is 0 Å². The lowest BCUT2D eigenvalue weighted by molar-refractivity contribution is 0.0240. The number of amides is 1. The van der Waals surface area contributed by atoms with Gasteiger partial charge in [-0.25, -0.2) is 4.79 Å². The Morgan fingerprint density at radius 2 is 1.89 bits per heavy atom. The van der Waals surface area contributed by atoms with Crippen molar-refractivity contribution in [2.24, 2.45) is 7.05 Å². The molecule has 2 heterocycles. The van der Waals surface area contributed by atoms with E-state index in [1.54, 1.807) is 9.58 Å². The molecule has 6 heteroatoms. The molecule has 0 N–H and O–H groups in total. The molecule has 0 unspecified atom stereocenters. The highest BCUT2D eigenvalue weighted by molar-refractivity contribution is 5.68. The fourth-order valence-corrected chi connectivity index (χ4v) is 2.02. The average molecular weight is 266 g/mol. The van der Waals surface area contributed by atoms with Crippen LogP contribution in [-0.2, 0) is 11.8 Å². The molecule has 0 radical (unpaired) electrons. The van der Waals surface area contributed by atoms with E-state index in [1.165, 1.54) is 0 Å². The SMILES string of the molecule is Cn1ccc(N2CCN(C(=O)OC(C)(C)C)CC2)n1. The lowest BCUT2D eigenvalue weighted by Crippen LogP contribution is -2.50. The summed E-state index contributed by atoms with van der Waals surface area (Å²) in [6.45, 7) is 8.57. The van der Waals surface area contributed by atoms with E-state index < -0.39 is 5.60 Å². The fraction of sp³-hybridized carbons (Fsp3) is 0.692. The van der Waals surface area contributed by atoms with E-state index in [2.05, 4.69) is 10.00 Å². The maximum Gasteiger partial charge on any atom is 0.410 e. The molecule has 106 valence electrons. The molecule has 1 aromatic rings. The third-order valence-electron chi connectivity index (χ3n) is 2.95. The molecule has 19 heavy (non-hydrogen) atoms. The quantitative estimate of drug-likeness (QED) is 0.772. The largest absolute Gasteiger partial charge is 0.444 e. The van der Waals surface area contributed by atoms with Gasteiger partial charge in [0, 0.05) is 45.5 Å². The maximum atomic E-state index is 11.9. The van der Waals surface area contributed by atoms with Crippen LogP contribution in [-0.4, -0.2) is 52.6 Å². The predicted octanol–water partition coefficient (Wildman–Crippen LogP) is 1.48. The van der Waals surface area contributed by atoms with Crippen LogP contribution in [0.4, 0.5) is 10.6 Å². The molecular formula is C13H22N4O2. The summed E-state index contributed by atoms with van der Waals surface area (Å²) in [5.41, 5.74) is -0.435. The van der Waals surface area contributed by atoms with E-state index in [0.717, 1.165) is 18.9 Å². The summed E-state index contributed by atoms with van der Waals surface area (Å²) in [7, 11) is 1.90. The van der Waals surface area contributed by atoms with Crippen molar-refractivity contribution in [1.29, 1.82) is 0 Å². The number of hydrogen-bond donors (Lipinski definition) is 0. The number of carbonyl (C=O) groups is 1. The minimum atomic E-state index is -0.435. The predicted molar refractivity (Wildman–Crippen MR) is 73.2 cm³/mol. The second-order valence-corrected chi connectivity index (χ2v) is 5.80. The smallest absolute Gasteiger partial charge is 0.410 e. The molecule has 0 bridgehead atoms. The first-order valence-corrected chi connectivity index (χ1v) is 6.58. The third kappa shape index (κ3) is 3.62. The van der Waals surface area contributed by atoms with Gasteiger partial charge in [-0.3, -0.25) is 4.68 Å². The van der Waals surface area contributed by atoms with Crippen LogP contribution in [0.15, 0.2) is 12.3 Å². The summed E-state index contributed by atoms with van der Waals surface area (Å²) in [6, 6.07) is 1.99. The van der Waals surface area contributed by atoms with Crippen LogP contribution in [0.1, 0.15) is 20.8 Å². The normalized spacial score (nSPS) is 16.6. The first-order valence-electron chi connectivity index (χ1n) is 6.58. The Hall–Kier alpha value is -1.72. The highest BCUT2D eigenvalue weighted by Crippen LogP contribution is 2.15. The number of aryl methyl sites for hydroxylation is 1. The summed E-state index contributed by atoms with van der Waals surface area (Å²) in [4.78, 5) is 15.9. The third-order valence-corrected chi connectivity index (χ3v) is 2.95. The summed E-state index contributed by atoms with van der Waals surface area (Å²) < 4.78 is 7.16. The van der Waals surface area contributed by atoms with Crippen molar-refractivity contribution in [3.05, 3.63) is 12.3 Å². The second kappa shape index (κ2) is 5.11. The maximum absolute atomic E-state index is 11.9. The topological polar surface area (TPSA) is 50.6 Å². The molecule has 1 aliphatic rings. The molecule has 1 fully saturated rings. The zero-order valence-corrected chi connectivity index (χ0v) is 12.1.